The Hall–Kier alpha value is -3.33. The van der Waals surface area contributed by atoms with Crippen LogP contribution in [0.1, 0.15) is 33.6 Å². The number of carbonyl (C=O) groups excluding carboxylic acids is 2. The number of hydrogen-bond acceptors (Lipinski definition) is 5. The summed E-state index contributed by atoms with van der Waals surface area (Å²) < 4.78 is 0. The van der Waals surface area contributed by atoms with Crippen LogP contribution in [0.25, 0.3) is 0 Å². The highest BCUT2D eigenvalue weighted by molar-refractivity contribution is 7.98. The van der Waals surface area contributed by atoms with Crippen LogP contribution in [0.5, 0.6) is 0 Å². The van der Waals surface area contributed by atoms with Gasteiger partial charge in [0.05, 0.1) is 11.3 Å². The lowest BCUT2D eigenvalue weighted by atomic mass is 10.1. The molecule has 0 bridgehead atoms. The molecule has 214 valence electrons. The van der Waals surface area contributed by atoms with E-state index in [-0.39, 0.29) is 11.9 Å². The van der Waals surface area contributed by atoms with Gasteiger partial charge in [0.25, 0.3) is 5.91 Å². The molecular formula is C32H36ClN5O2S. The first-order valence-corrected chi connectivity index (χ1v) is 15.5. The number of anilines is 2. The maximum Gasteiger partial charge on any atom is 0.326 e. The molecule has 1 N–H and O–H groups in total. The molecule has 3 amide bonds. The molecular weight excluding hydrogens is 554 g/mol. The van der Waals surface area contributed by atoms with Crippen LogP contribution in [0.2, 0.25) is 5.02 Å². The third kappa shape index (κ3) is 6.61. The predicted molar refractivity (Wildman–Crippen MR) is 168 cm³/mol. The summed E-state index contributed by atoms with van der Waals surface area (Å²) in [4.78, 5) is 38.1. The Labute approximate surface area is 251 Å². The fraction of sp³-hybridized carbons (Fsp3) is 0.344. The van der Waals surface area contributed by atoms with Crippen molar-refractivity contribution in [2.45, 2.75) is 32.1 Å². The van der Waals surface area contributed by atoms with Crippen LogP contribution in [0, 0.1) is 26.7 Å². The number of fused-ring (bicyclic) bond motifs is 1. The number of rotatable bonds is 8. The van der Waals surface area contributed by atoms with E-state index in [9.17, 15) is 9.59 Å². The van der Waals surface area contributed by atoms with E-state index in [2.05, 4.69) is 15.2 Å². The first-order valence-electron chi connectivity index (χ1n) is 13.9. The van der Waals surface area contributed by atoms with Crippen molar-refractivity contribution in [3.8, 4) is 0 Å². The fourth-order valence-electron chi connectivity index (χ4n) is 5.58. The number of urea groups is 1. The Kier molecular flexibility index (Phi) is 9.02. The standard InChI is InChI=1S/C32H36ClN5O2S/c1-21-6-9-27(16-29(21)33)38(32(40)35-26-7-10-28(41-4)11-8-26)15-5-14-36-17-24-19-37(20-25(24)18-36)31(39)30-22(2)12-13-34-23(30)3/h6-13,16,19,25H,5,14-15,17-18,20H2,1-4H3,(H,35,40). The Morgan fingerprint density at radius 3 is 2.54 bits per heavy atom. The summed E-state index contributed by atoms with van der Waals surface area (Å²) >= 11 is 8.10. The number of benzene rings is 2. The Morgan fingerprint density at radius 1 is 1.07 bits per heavy atom. The van der Waals surface area contributed by atoms with Crippen molar-refractivity contribution < 1.29 is 9.59 Å². The number of aryl methyl sites for hydroxylation is 3. The van der Waals surface area contributed by atoms with Gasteiger partial charge in [-0.2, -0.15) is 0 Å². The second-order valence-corrected chi connectivity index (χ2v) is 12.1. The van der Waals surface area contributed by atoms with Crippen LogP contribution >= 0.6 is 23.4 Å². The highest BCUT2D eigenvalue weighted by Crippen LogP contribution is 2.31. The normalized spacial score (nSPS) is 16.5. The van der Waals surface area contributed by atoms with Crippen molar-refractivity contribution in [2.75, 3.05) is 49.2 Å². The lowest BCUT2D eigenvalue weighted by Gasteiger charge is -2.25. The first kappa shape index (κ1) is 29.2. The average Bonchev–Trinajstić information content (AvgIpc) is 3.52. The van der Waals surface area contributed by atoms with Crippen molar-refractivity contribution in [1.82, 2.24) is 14.8 Å². The number of nitrogens with one attached hydrogen (secondary N) is 1. The SMILES string of the molecule is CSc1ccc(NC(=O)N(CCCN2CC3=CN(C(=O)c4c(C)ccnc4C)CC3C2)c2ccc(C)c(Cl)c2)cc1. The summed E-state index contributed by atoms with van der Waals surface area (Å²) in [5.41, 5.74) is 6.23. The van der Waals surface area contributed by atoms with Crippen molar-refractivity contribution in [1.29, 1.82) is 0 Å². The molecule has 2 aliphatic rings. The van der Waals surface area contributed by atoms with Crippen molar-refractivity contribution >= 4 is 46.7 Å². The van der Waals surface area contributed by atoms with Crippen molar-refractivity contribution in [3.05, 3.63) is 93.9 Å². The molecule has 41 heavy (non-hydrogen) atoms. The zero-order valence-corrected chi connectivity index (χ0v) is 25.6. The van der Waals surface area contributed by atoms with E-state index in [1.54, 1.807) is 22.9 Å². The third-order valence-corrected chi connectivity index (χ3v) is 9.03. The maximum absolute atomic E-state index is 13.4. The lowest BCUT2D eigenvalue weighted by Crippen LogP contribution is -2.37. The molecule has 9 heteroatoms. The molecule has 1 aromatic heterocycles. The molecule has 0 spiro atoms. The van der Waals surface area contributed by atoms with Crippen LogP contribution in [-0.2, 0) is 0 Å². The van der Waals surface area contributed by atoms with E-state index < -0.39 is 0 Å². The van der Waals surface area contributed by atoms with Crippen LogP contribution in [-0.4, -0.2) is 65.7 Å². The minimum atomic E-state index is -0.182. The Balaban J connectivity index is 1.21. The number of carbonyl (C=O) groups is 2. The molecule has 0 aliphatic carbocycles. The van der Waals surface area contributed by atoms with Gasteiger partial charge in [-0.3, -0.25) is 19.6 Å². The number of thioether (sulfide) groups is 1. The smallest absolute Gasteiger partial charge is 0.314 e. The highest BCUT2D eigenvalue weighted by atomic mass is 35.5. The first-order chi connectivity index (χ1) is 19.7. The van der Waals surface area contributed by atoms with Gasteiger partial charge in [0.2, 0.25) is 0 Å². The number of aromatic nitrogens is 1. The molecule has 3 aromatic rings. The predicted octanol–water partition coefficient (Wildman–Crippen LogP) is 6.78. The van der Waals surface area contributed by atoms with Crippen LogP contribution in [0.15, 0.2) is 71.4 Å². The molecule has 7 nitrogen and oxygen atoms in total. The van der Waals surface area contributed by atoms with E-state index in [0.29, 0.717) is 29.6 Å². The van der Waals surface area contributed by atoms with Crippen molar-refractivity contribution in [3.63, 3.8) is 0 Å². The number of nitrogens with zero attached hydrogens (tertiary/aromatic N) is 4. The molecule has 1 saturated heterocycles. The molecule has 1 fully saturated rings. The topological polar surface area (TPSA) is 68.8 Å². The van der Waals surface area contributed by atoms with Gasteiger partial charge in [-0.25, -0.2) is 4.79 Å². The number of halogens is 1. The van der Waals surface area contributed by atoms with Crippen LogP contribution < -0.4 is 10.2 Å². The van der Waals surface area contributed by atoms with Gasteiger partial charge in [-0.15, -0.1) is 11.8 Å². The Bertz CT molecular complexity index is 1460. The van der Waals surface area contributed by atoms with Gasteiger partial charge in [0, 0.05) is 72.3 Å². The average molecular weight is 590 g/mol. The van der Waals surface area contributed by atoms with E-state index in [1.165, 1.54) is 5.57 Å². The van der Waals surface area contributed by atoms with Gasteiger partial charge >= 0.3 is 6.03 Å². The number of hydrogen-bond donors (Lipinski definition) is 1. The summed E-state index contributed by atoms with van der Waals surface area (Å²) in [6, 6.07) is 15.3. The maximum atomic E-state index is 13.4. The molecule has 0 radical (unpaired) electrons. The van der Waals surface area contributed by atoms with Crippen LogP contribution in [0.3, 0.4) is 0 Å². The minimum Gasteiger partial charge on any atom is -0.314 e. The largest absolute Gasteiger partial charge is 0.326 e. The summed E-state index contributed by atoms with van der Waals surface area (Å²) in [5.74, 6) is 0.374. The summed E-state index contributed by atoms with van der Waals surface area (Å²) in [6.07, 6.45) is 6.62. The van der Waals surface area contributed by atoms with Crippen LogP contribution in [0.4, 0.5) is 16.2 Å². The second-order valence-electron chi connectivity index (χ2n) is 10.8. The fourth-order valence-corrected chi connectivity index (χ4v) is 6.16. The lowest BCUT2D eigenvalue weighted by molar-refractivity contribution is 0.0818. The second kappa shape index (κ2) is 12.7. The molecule has 3 heterocycles. The minimum absolute atomic E-state index is 0.0306. The number of amides is 3. The monoisotopic (exact) mass is 589 g/mol. The molecule has 1 unspecified atom stereocenters. The molecule has 0 saturated carbocycles. The molecule has 1 atom stereocenters. The molecule has 5 rings (SSSR count). The molecule has 2 aromatic carbocycles. The zero-order chi connectivity index (χ0) is 29.1. The van der Waals surface area contributed by atoms with Gasteiger partial charge in [-0.1, -0.05) is 17.7 Å². The van der Waals surface area contributed by atoms with E-state index in [0.717, 1.165) is 59.1 Å². The highest BCUT2D eigenvalue weighted by Gasteiger charge is 2.36. The number of pyridine rings is 1. The summed E-state index contributed by atoms with van der Waals surface area (Å²) in [5, 5.41) is 3.68. The third-order valence-electron chi connectivity index (χ3n) is 7.88. The molecule has 2 aliphatic heterocycles. The zero-order valence-electron chi connectivity index (χ0n) is 24.0. The van der Waals surface area contributed by atoms with Crippen molar-refractivity contribution in [2.24, 2.45) is 5.92 Å². The summed E-state index contributed by atoms with van der Waals surface area (Å²) in [6.45, 7) is 9.66. The quantitative estimate of drug-likeness (QED) is 0.293. The van der Waals surface area contributed by atoms with E-state index in [1.807, 2.05) is 86.7 Å². The number of likely N-dealkylation sites (tertiary alicyclic amines) is 1. The van der Waals surface area contributed by atoms with E-state index in [4.69, 9.17) is 11.6 Å². The van der Waals surface area contributed by atoms with Gasteiger partial charge in [0.1, 0.15) is 0 Å². The van der Waals surface area contributed by atoms with Gasteiger partial charge in [-0.05, 0) is 92.6 Å². The van der Waals surface area contributed by atoms with Gasteiger partial charge < -0.3 is 10.2 Å². The van der Waals surface area contributed by atoms with Gasteiger partial charge in [0.15, 0.2) is 0 Å². The van der Waals surface area contributed by atoms with E-state index >= 15 is 0 Å². The Morgan fingerprint density at radius 2 is 1.85 bits per heavy atom. The summed E-state index contributed by atoms with van der Waals surface area (Å²) in [7, 11) is 0.